The summed E-state index contributed by atoms with van der Waals surface area (Å²) in [5.41, 5.74) is -2.01. The lowest BCUT2D eigenvalue weighted by Crippen LogP contribution is -2.59. The molecule has 0 bridgehead atoms. The maximum Gasteiger partial charge on any atom is 0.417 e. The van der Waals surface area contributed by atoms with E-state index in [1.807, 2.05) is 0 Å². The van der Waals surface area contributed by atoms with Crippen molar-refractivity contribution >= 4 is 0 Å². The molecular weight excluding hydrogens is 433 g/mol. The number of fused-ring (bicyclic) bond motifs is 5. The largest absolute Gasteiger partial charge is 0.417 e. The molecule has 0 aromatic heterocycles. The van der Waals surface area contributed by atoms with Crippen molar-refractivity contribution in [3.05, 3.63) is 0 Å². The third-order valence-electron chi connectivity index (χ3n) is 12.6. The topological polar surface area (TPSA) is 20.2 Å². The fourth-order valence-corrected chi connectivity index (χ4v) is 10.4. The van der Waals surface area contributed by atoms with Gasteiger partial charge in [0.1, 0.15) is 0 Å². The highest BCUT2D eigenvalue weighted by atomic mass is 19.4. The molecule has 7 unspecified atom stereocenters. The molecule has 0 aromatic rings. The number of rotatable bonds is 5. The van der Waals surface area contributed by atoms with E-state index in [0.29, 0.717) is 23.7 Å². The molecule has 5 fully saturated rings. The van der Waals surface area contributed by atoms with Gasteiger partial charge in [0.2, 0.25) is 0 Å². The minimum atomic E-state index is -4.49. The molecule has 0 aromatic carbocycles. The van der Waals surface area contributed by atoms with Crippen LogP contribution in [0.15, 0.2) is 0 Å². The van der Waals surface area contributed by atoms with Crippen LogP contribution >= 0.6 is 0 Å². The molecule has 34 heavy (non-hydrogen) atoms. The normalized spacial score (nSPS) is 47.6. The van der Waals surface area contributed by atoms with Gasteiger partial charge in [-0.2, -0.15) is 13.2 Å². The van der Waals surface area contributed by atoms with Gasteiger partial charge in [-0.25, -0.2) is 0 Å². The zero-order chi connectivity index (χ0) is 24.2. The van der Waals surface area contributed by atoms with Crippen LogP contribution in [0.4, 0.5) is 13.2 Å². The first-order chi connectivity index (χ1) is 16.1. The van der Waals surface area contributed by atoms with Crippen LogP contribution in [-0.4, -0.2) is 16.9 Å². The molecule has 5 aliphatic rings. The molecule has 196 valence electrons. The molecule has 4 heteroatoms. The first-order valence-corrected chi connectivity index (χ1v) is 14.9. The van der Waals surface area contributed by atoms with Crippen LogP contribution in [0, 0.1) is 46.3 Å². The molecule has 5 rings (SSSR count). The highest BCUT2D eigenvalue weighted by Crippen LogP contribution is 2.69. The average molecular weight is 483 g/mol. The fourth-order valence-electron chi connectivity index (χ4n) is 10.4. The van der Waals surface area contributed by atoms with Gasteiger partial charge in [0.05, 0.1) is 0 Å². The Balaban J connectivity index is 1.20. The molecule has 1 nitrogen and oxygen atoms in total. The summed E-state index contributed by atoms with van der Waals surface area (Å²) in [6, 6.07) is 0. The van der Waals surface area contributed by atoms with Crippen molar-refractivity contribution < 1.29 is 18.3 Å². The molecular formula is C30H49F3O. The summed E-state index contributed by atoms with van der Waals surface area (Å²) >= 11 is 0. The first-order valence-electron chi connectivity index (χ1n) is 14.9. The van der Waals surface area contributed by atoms with Crippen LogP contribution < -0.4 is 0 Å². The maximum atomic E-state index is 13.6. The summed E-state index contributed by atoms with van der Waals surface area (Å²) in [5.74, 6) is 3.91. The number of aliphatic hydroxyl groups is 1. The SMILES string of the molecule is CC12CCC3C(CCC4C[C@](O)(C(F)(F)F)CCC43C)C1CCC2CCCCC1CCCCC1. The van der Waals surface area contributed by atoms with E-state index in [4.69, 9.17) is 0 Å². The van der Waals surface area contributed by atoms with Gasteiger partial charge in [-0.05, 0) is 111 Å². The Bertz CT molecular complexity index is 714. The van der Waals surface area contributed by atoms with Gasteiger partial charge in [0.15, 0.2) is 5.60 Å². The van der Waals surface area contributed by atoms with Crippen molar-refractivity contribution in [2.24, 2.45) is 46.3 Å². The molecule has 5 aliphatic carbocycles. The van der Waals surface area contributed by atoms with E-state index in [9.17, 15) is 18.3 Å². The van der Waals surface area contributed by atoms with Crippen molar-refractivity contribution in [2.75, 3.05) is 0 Å². The summed E-state index contributed by atoms with van der Waals surface area (Å²) in [6.07, 6.45) is 16.0. The Morgan fingerprint density at radius 1 is 0.735 bits per heavy atom. The van der Waals surface area contributed by atoms with Crippen molar-refractivity contribution in [3.8, 4) is 0 Å². The summed E-state index contributed by atoms with van der Waals surface area (Å²) < 4.78 is 40.8. The van der Waals surface area contributed by atoms with E-state index >= 15 is 0 Å². The Labute approximate surface area is 206 Å². The lowest BCUT2D eigenvalue weighted by molar-refractivity contribution is -0.290. The van der Waals surface area contributed by atoms with E-state index in [-0.39, 0.29) is 24.2 Å². The van der Waals surface area contributed by atoms with Crippen LogP contribution in [0.3, 0.4) is 0 Å². The average Bonchev–Trinajstić information content (AvgIpc) is 3.13. The maximum absolute atomic E-state index is 13.6. The predicted molar refractivity (Wildman–Crippen MR) is 131 cm³/mol. The third-order valence-corrected chi connectivity index (χ3v) is 12.6. The highest BCUT2D eigenvalue weighted by Gasteiger charge is 2.64. The second-order valence-electron chi connectivity index (χ2n) is 14.0. The standard InChI is InChI=1S/C30H49F3O/c1-27-17-16-26-24(14-12-23-20-29(34,30(31,32)33)19-18-28(23,26)2)25(27)15-13-22(27)11-7-6-10-21-8-4-3-5-9-21/h21-26,34H,3-20H2,1-2H3/t22?,23?,24?,25?,26?,27?,28?,29-/m0/s1. The van der Waals surface area contributed by atoms with Crippen molar-refractivity contribution in [1.29, 1.82) is 0 Å². The summed E-state index contributed by atoms with van der Waals surface area (Å²) in [5, 5.41) is 10.4. The van der Waals surface area contributed by atoms with E-state index in [1.54, 1.807) is 0 Å². The summed E-state index contributed by atoms with van der Waals surface area (Å²) in [7, 11) is 0. The lowest BCUT2D eigenvalue weighted by atomic mass is 9.43. The Morgan fingerprint density at radius 2 is 1.44 bits per heavy atom. The molecule has 8 atom stereocenters. The number of halogens is 3. The molecule has 0 saturated heterocycles. The van der Waals surface area contributed by atoms with Crippen molar-refractivity contribution in [3.63, 3.8) is 0 Å². The molecule has 0 radical (unpaired) electrons. The molecule has 0 aliphatic heterocycles. The number of alkyl halides is 3. The van der Waals surface area contributed by atoms with Crippen LogP contribution in [0.5, 0.6) is 0 Å². The molecule has 0 heterocycles. The van der Waals surface area contributed by atoms with E-state index in [2.05, 4.69) is 13.8 Å². The molecule has 0 spiro atoms. The van der Waals surface area contributed by atoms with Crippen molar-refractivity contribution in [1.82, 2.24) is 0 Å². The van der Waals surface area contributed by atoms with Gasteiger partial charge in [0.25, 0.3) is 0 Å². The van der Waals surface area contributed by atoms with Gasteiger partial charge < -0.3 is 5.11 Å². The van der Waals surface area contributed by atoms with E-state index < -0.39 is 11.8 Å². The van der Waals surface area contributed by atoms with Gasteiger partial charge in [-0.1, -0.05) is 65.2 Å². The zero-order valence-electron chi connectivity index (χ0n) is 21.8. The molecule has 5 saturated carbocycles. The second-order valence-corrected chi connectivity index (χ2v) is 14.0. The third kappa shape index (κ3) is 4.28. The lowest BCUT2D eigenvalue weighted by Gasteiger charge is -2.62. The molecule has 0 amide bonds. The quantitative estimate of drug-likeness (QED) is 0.387. The van der Waals surface area contributed by atoms with Crippen LogP contribution in [0.1, 0.15) is 129 Å². The Morgan fingerprint density at radius 3 is 2.18 bits per heavy atom. The number of unbranched alkanes of at least 4 members (excludes halogenated alkanes) is 1. The monoisotopic (exact) mass is 482 g/mol. The number of hydrogen-bond acceptors (Lipinski definition) is 1. The van der Waals surface area contributed by atoms with Gasteiger partial charge >= 0.3 is 6.18 Å². The minimum absolute atomic E-state index is 0.0141. The second kappa shape index (κ2) is 9.25. The highest BCUT2D eigenvalue weighted by molar-refractivity contribution is 5.11. The Kier molecular flexibility index (Phi) is 6.91. The van der Waals surface area contributed by atoms with Crippen molar-refractivity contribution in [2.45, 2.75) is 141 Å². The Hall–Kier alpha value is -0.250. The van der Waals surface area contributed by atoms with E-state index in [0.717, 1.165) is 30.6 Å². The minimum Gasteiger partial charge on any atom is -0.380 e. The predicted octanol–water partition coefficient (Wildman–Crippen LogP) is 9.08. The van der Waals surface area contributed by atoms with Gasteiger partial charge in [0, 0.05) is 0 Å². The smallest absolute Gasteiger partial charge is 0.380 e. The summed E-state index contributed by atoms with van der Waals surface area (Å²) in [6.45, 7) is 4.88. The summed E-state index contributed by atoms with van der Waals surface area (Å²) in [4.78, 5) is 0. The van der Waals surface area contributed by atoms with Crippen LogP contribution in [-0.2, 0) is 0 Å². The van der Waals surface area contributed by atoms with Gasteiger partial charge in [-0.3, -0.25) is 0 Å². The zero-order valence-corrected chi connectivity index (χ0v) is 21.8. The van der Waals surface area contributed by atoms with Crippen LogP contribution in [0.25, 0.3) is 0 Å². The van der Waals surface area contributed by atoms with Gasteiger partial charge in [-0.15, -0.1) is 0 Å². The first kappa shape index (κ1) is 25.4. The fraction of sp³-hybridized carbons (Fsp3) is 1.00. The van der Waals surface area contributed by atoms with E-state index in [1.165, 1.54) is 83.5 Å². The van der Waals surface area contributed by atoms with Crippen LogP contribution in [0.2, 0.25) is 0 Å². The molecule has 1 N–H and O–H groups in total. The number of hydrogen-bond donors (Lipinski definition) is 1.